The van der Waals surface area contributed by atoms with E-state index in [2.05, 4.69) is 9.97 Å². The molecule has 1 saturated heterocycles. The van der Waals surface area contributed by atoms with Crippen LogP contribution in [-0.2, 0) is 0 Å². The summed E-state index contributed by atoms with van der Waals surface area (Å²) in [5.74, 6) is -0.332. The molecule has 86 valence electrons. The highest BCUT2D eigenvalue weighted by Crippen LogP contribution is 2.21. The molecule has 0 spiro atoms. The van der Waals surface area contributed by atoms with Crippen molar-refractivity contribution in [1.29, 1.82) is 0 Å². The average molecular weight is 229 g/mol. The van der Waals surface area contributed by atoms with Gasteiger partial charge in [0.25, 0.3) is 0 Å². The molecule has 0 unspecified atom stereocenters. The Kier molecular flexibility index (Phi) is 2.18. The number of anilines is 1. The van der Waals surface area contributed by atoms with Crippen molar-refractivity contribution in [3.05, 3.63) is 30.0 Å². The van der Waals surface area contributed by atoms with E-state index in [0.29, 0.717) is 11.5 Å². The lowest BCUT2D eigenvalue weighted by Gasteiger charge is -2.30. The molecule has 1 aromatic carbocycles. The lowest BCUT2D eigenvalue weighted by molar-refractivity contribution is 0.0699. The highest BCUT2D eigenvalue weighted by Gasteiger charge is 2.18. The van der Waals surface area contributed by atoms with Crippen LogP contribution in [0.2, 0.25) is 0 Å². The zero-order valence-electron chi connectivity index (χ0n) is 9.13. The maximum absolute atomic E-state index is 11.1. The molecule has 17 heavy (non-hydrogen) atoms. The average Bonchev–Trinajstić information content (AvgIpc) is 2.25. The van der Waals surface area contributed by atoms with E-state index in [1.807, 2.05) is 11.0 Å². The largest absolute Gasteiger partial charge is 0.478 e. The Balaban J connectivity index is 2.18. The Labute approximate surface area is 97.7 Å². The first-order valence-corrected chi connectivity index (χ1v) is 5.50. The summed E-state index contributed by atoms with van der Waals surface area (Å²) in [7, 11) is 0. The Morgan fingerprint density at radius 1 is 1.35 bits per heavy atom. The Bertz CT molecular complexity index is 593. The molecule has 0 amide bonds. The number of fused-ring (bicyclic) bond motifs is 1. The molecular weight excluding hydrogens is 218 g/mol. The monoisotopic (exact) mass is 229 g/mol. The zero-order chi connectivity index (χ0) is 11.8. The normalized spacial score (nSPS) is 14.7. The maximum atomic E-state index is 11.1. The number of carboxylic acid groups (broad SMARTS) is 1. The van der Waals surface area contributed by atoms with Crippen LogP contribution >= 0.6 is 0 Å². The van der Waals surface area contributed by atoms with E-state index < -0.39 is 5.97 Å². The highest BCUT2D eigenvalue weighted by atomic mass is 16.4. The Morgan fingerprint density at radius 3 is 2.82 bits per heavy atom. The summed E-state index contributed by atoms with van der Waals surface area (Å²) in [6.45, 7) is 1.89. The molecule has 1 N–H and O–H groups in total. The van der Waals surface area contributed by atoms with E-state index in [1.165, 1.54) is 0 Å². The Morgan fingerprint density at radius 2 is 2.18 bits per heavy atom. The molecule has 2 heterocycles. The molecule has 0 saturated carbocycles. The molecule has 1 aliphatic heterocycles. The van der Waals surface area contributed by atoms with Crippen molar-refractivity contribution in [3.8, 4) is 0 Å². The fourth-order valence-corrected chi connectivity index (χ4v) is 1.89. The number of hydrogen-bond donors (Lipinski definition) is 1. The minimum Gasteiger partial charge on any atom is -0.478 e. The van der Waals surface area contributed by atoms with Crippen LogP contribution in [0.15, 0.2) is 24.4 Å². The Hall–Kier alpha value is -2.17. The lowest BCUT2D eigenvalue weighted by atomic mass is 10.1. The maximum Gasteiger partial charge on any atom is 0.337 e. The van der Waals surface area contributed by atoms with Gasteiger partial charge in [0.2, 0.25) is 5.95 Å². The van der Waals surface area contributed by atoms with Crippen molar-refractivity contribution in [3.63, 3.8) is 0 Å². The highest BCUT2D eigenvalue weighted by molar-refractivity contribution is 6.01. The topological polar surface area (TPSA) is 66.3 Å². The number of nitrogens with zero attached hydrogens (tertiary/aromatic N) is 3. The number of carboxylic acids is 1. The van der Waals surface area contributed by atoms with E-state index >= 15 is 0 Å². The second-order valence-corrected chi connectivity index (χ2v) is 4.06. The smallest absolute Gasteiger partial charge is 0.337 e. The third-order valence-electron chi connectivity index (χ3n) is 2.97. The van der Waals surface area contributed by atoms with Gasteiger partial charge in [-0.25, -0.2) is 14.8 Å². The molecular formula is C12H11N3O2. The first kappa shape index (κ1) is 10.0. The van der Waals surface area contributed by atoms with Gasteiger partial charge in [0.15, 0.2) is 0 Å². The standard InChI is InChI=1S/C12H11N3O2/c16-11(17)9-4-1-3-8-7-13-12(14-10(8)9)15-5-2-6-15/h1,3-4,7H,2,5-6H2,(H,16,17). The fraction of sp³-hybridized carbons (Fsp3) is 0.250. The van der Waals surface area contributed by atoms with Crippen LogP contribution in [0, 0.1) is 0 Å². The predicted molar refractivity (Wildman–Crippen MR) is 63.3 cm³/mol. The number of aromatic carboxylic acids is 1. The van der Waals surface area contributed by atoms with Gasteiger partial charge in [-0.2, -0.15) is 0 Å². The van der Waals surface area contributed by atoms with E-state index in [9.17, 15) is 4.79 Å². The second kappa shape index (κ2) is 3.69. The van der Waals surface area contributed by atoms with Crippen LogP contribution in [0.5, 0.6) is 0 Å². The fourth-order valence-electron chi connectivity index (χ4n) is 1.89. The summed E-state index contributed by atoms with van der Waals surface area (Å²) >= 11 is 0. The first-order chi connectivity index (χ1) is 8.25. The minimum absolute atomic E-state index is 0.228. The van der Waals surface area contributed by atoms with E-state index in [1.54, 1.807) is 18.3 Å². The van der Waals surface area contributed by atoms with E-state index in [4.69, 9.17) is 5.11 Å². The van der Waals surface area contributed by atoms with E-state index in [-0.39, 0.29) is 5.56 Å². The summed E-state index contributed by atoms with van der Waals surface area (Å²) in [5.41, 5.74) is 0.739. The molecule has 1 fully saturated rings. The van der Waals surface area contributed by atoms with Crippen LogP contribution in [0.25, 0.3) is 10.9 Å². The molecule has 0 atom stereocenters. The van der Waals surface area contributed by atoms with Crippen molar-refractivity contribution < 1.29 is 9.90 Å². The van der Waals surface area contributed by atoms with Crippen molar-refractivity contribution in [1.82, 2.24) is 9.97 Å². The molecule has 5 heteroatoms. The quantitative estimate of drug-likeness (QED) is 0.846. The third kappa shape index (κ3) is 1.60. The molecule has 0 radical (unpaired) electrons. The van der Waals surface area contributed by atoms with Crippen molar-refractivity contribution in [2.75, 3.05) is 18.0 Å². The molecule has 5 nitrogen and oxygen atoms in total. The molecule has 3 rings (SSSR count). The number of benzene rings is 1. The third-order valence-corrected chi connectivity index (χ3v) is 2.97. The SMILES string of the molecule is O=C(O)c1cccc2cnc(N3CCC3)nc12. The number of rotatable bonds is 2. The van der Waals surface area contributed by atoms with Crippen LogP contribution < -0.4 is 4.90 Å². The van der Waals surface area contributed by atoms with Gasteiger partial charge in [0.05, 0.1) is 11.1 Å². The predicted octanol–water partition coefficient (Wildman–Crippen LogP) is 1.54. The van der Waals surface area contributed by atoms with Gasteiger partial charge in [0, 0.05) is 24.7 Å². The summed E-state index contributed by atoms with van der Waals surface area (Å²) in [6.07, 6.45) is 2.82. The minimum atomic E-state index is -0.955. The number of para-hydroxylation sites is 1. The van der Waals surface area contributed by atoms with Crippen LogP contribution in [0.3, 0.4) is 0 Å². The van der Waals surface area contributed by atoms with Crippen molar-refractivity contribution in [2.24, 2.45) is 0 Å². The van der Waals surface area contributed by atoms with Gasteiger partial charge < -0.3 is 10.0 Å². The first-order valence-electron chi connectivity index (χ1n) is 5.50. The van der Waals surface area contributed by atoms with Gasteiger partial charge in [-0.1, -0.05) is 12.1 Å². The molecule has 0 bridgehead atoms. The summed E-state index contributed by atoms with van der Waals surface area (Å²) < 4.78 is 0. The summed E-state index contributed by atoms with van der Waals surface area (Å²) in [6, 6.07) is 5.09. The number of hydrogen-bond acceptors (Lipinski definition) is 4. The van der Waals surface area contributed by atoms with Gasteiger partial charge >= 0.3 is 5.97 Å². The van der Waals surface area contributed by atoms with Gasteiger partial charge in [-0.3, -0.25) is 0 Å². The number of carbonyl (C=O) groups is 1. The molecule has 1 aliphatic rings. The molecule has 2 aromatic rings. The number of aromatic nitrogens is 2. The molecule has 0 aliphatic carbocycles. The van der Waals surface area contributed by atoms with Gasteiger partial charge in [0.1, 0.15) is 0 Å². The van der Waals surface area contributed by atoms with Crippen molar-refractivity contribution in [2.45, 2.75) is 6.42 Å². The molecule has 1 aromatic heterocycles. The van der Waals surface area contributed by atoms with Crippen LogP contribution in [-0.4, -0.2) is 34.1 Å². The van der Waals surface area contributed by atoms with Crippen LogP contribution in [0.4, 0.5) is 5.95 Å². The summed E-state index contributed by atoms with van der Waals surface area (Å²) in [5, 5.41) is 9.87. The second-order valence-electron chi connectivity index (χ2n) is 4.06. The van der Waals surface area contributed by atoms with Crippen LogP contribution in [0.1, 0.15) is 16.8 Å². The van der Waals surface area contributed by atoms with Crippen molar-refractivity contribution >= 4 is 22.8 Å². The van der Waals surface area contributed by atoms with Gasteiger partial charge in [-0.05, 0) is 12.5 Å². The lowest BCUT2D eigenvalue weighted by Crippen LogP contribution is -2.38. The van der Waals surface area contributed by atoms with Gasteiger partial charge in [-0.15, -0.1) is 0 Å². The zero-order valence-corrected chi connectivity index (χ0v) is 9.13. The van der Waals surface area contributed by atoms with E-state index in [0.717, 1.165) is 24.9 Å². The summed E-state index contributed by atoms with van der Waals surface area (Å²) in [4.78, 5) is 21.7.